The number of ether oxygens (including phenoxy) is 1. The van der Waals surface area contributed by atoms with Crippen LogP contribution in [0, 0.1) is 5.82 Å². The molecule has 0 saturated carbocycles. The third-order valence-electron chi connectivity index (χ3n) is 4.50. The monoisotopic (exact) mass is 410 g/mol. The van der Waals surface area contributed by atoms with Crippen molar-refractivity contribution in [2.24, 2.45) is 0 Å². The van der Waals surface area contributed by atoms with E-state index in [0.717, 1.165) is 0 Å². The molecule has 7 heteroatoms. The summed E-state index contributed by atoms with van der Waals surface area (Å²) >= 11 is 0. The van der Waals surface area contributed by atoms with Crippen molar-refractivity contribution in [1.82, 2.24) is 4.90 Å². The summed E-state index contributed by atoms with van der Waals surface area (Å²) in [5.41, 5.74) is 1.00. The SMILES string of the molecule is CCN(CC)C(=O)c1cccc(NC(=O)c2ccc(COc3ccc(F)cc3)o2)c1. The van der Waals surface area contributed by atoms with Crippen LogP contribution < -0.4 is 10.1 Å². The number of nitrogens with one attached hydrogen (secondary N) is 1. The van der Waals surface area contributed by atoms with Gasteiger partial charge in [0.1, 0.15) is 23.9 Å². The van der Waals surface area contributed by atoms with Crippen LogP contribution in [0.5, 0.6) is 5.75 Å². The standard InChI is InChI=1S/C23H23FN2O4/c1-3-26(4-2)23(28)16-6-5-7-18(14-16)25-22(27)21-13-12-20(30-21)15-29-19-10-8-17(24)9-11-19/h5-14H,3-4,15H2,1-2H3,(H,25,27). The summed E-state index contributed by atoms with van der Waals surface area (Å²) in [4.78, 5) is 26.7. The third-order valence-corrected chi connectivity index (χ3v) is 4.50. The molecule has 3 aromatic rings. The van der Waals surface area contributed by atoms with Gasteiger partial charge in [0.15, 0.2) is 5.76 Å². The van der Waals surface area contributed by atoms with Crippen molar-refractivity contribution in [3.05, 3.63) is 83.6 Å². The van der Waals surface area contributed by atoms with Gasteiger partial charge in [-0.15, -0.1) is 0 Å². The summed E-state index contributed by atoms with van der Waals surface area (Å²) < 4.78 is 24.0. The molecule has 6 nitrogen and oxygen atoms in total. The minimum absolute atomic E-state index is 0.0886. The molecule has 156 valence electrons. The van der Waals surface area contributed by atoms with E-state index >= 15 is 0 Å². The van der Waals surface area contributed by atoms with Crippen molar-refractivity contribution in [2.45, 2.75) is 20.5 Å². The Kier molecular flexibility index (Phi) is 6.85. The number of rotatable bonds is 8. The molecule has 0 fully saturated rings. The largest absolute Gasteiger partial charge is 0.486 e. The van der Waals surface area contributed by atoms with E-state index in [4.69, 9.17) is 9.15 Å². The number of furan rings is 1. The molecule has 3 rings (SSSR count). The van der Waals surface area contributed by atoms with E-state index in [1.165, 1.54) is 24.3 Å². The number of benzene rings is 2. The van der Waals surface area contributed by atoms with Gasteiger partial charge in [-0.25, -0.2) is 4.39 Å². The van der Waals surface area contributed by atoms with Gasteiger partial charge in [0, 0.05) is 24.3 Å². The molecule has 0 aliphatic rings. The number of carbonyl (C=O) groups is 2. The van der Waals surface area contributed by atoms with Gasteiger partial charge in [-0.2, -0.15) is 0 Å². The Morgan fingerprint density at radius 3 is 2.47 bits per heavy atom. The number of halogens is 1. The molecule has 2 aromatic carbocycles. The number of hydrogen-bond donors (Lipinski definition) is 1. The number of anilines is 1. The van der Waals surface area contributed by atoms with Crippen LogP contribution in [-0.4, -0.2) is 29.8 Å². The molecule has 0 saturated heterocycles. The zero-order chi connectivity index (χ0) is 21.5. The van der Waals surface area contributed by atoms with Gasteiger partial charge in [0.05, 0.1) is 0 Å². The van der Waals surface area contributed by atoms with Crippen molar-refractivity contribution in [3.8, 4) is 5.75 Å². The molecule has 0 unspecified atom stereocenters. The fraction of sp³-hybridized carbons (Fsp3) is 0.217. The normalized spacial score (nSPS) is 10.5. The van der Waals surface area contributed by atoms with Crippen LogP contribution in [0.4, 0.5) is 10.1 Å². The highest BCUT2D eigenvalue weighted by Gasteiger charge is 2.15. The van der Waals surface area contributed by atoms with Gasteiger partial charge in [0.25, 0.3) is 11.8 Å². The first-order chi connectivity index (χ1) is 14.5. The van der Waals surface area contributed by atoms with E-state index in [-0.39, 0.29) is 24.1 Å². The summed E-state index contributed by atoms with van der Waals surface area (Å²) in [7, 11) is 0. The Labute approximate surface area is 174 Å². The maximum atomic E-state index is 12.9. The topological polar surface area (TPSA) is 71.8 Å². The molecule has 1 heterocycles. The molecule has 2 amide bonds. The number of nitrogens with zero attached hydrogens (tertiary/aromatic N) is 1. The van der Waals surface area contributed by atoms with Gasteiger partial charge >= 0.3 is 0 Å². The highest BCUT2D eigenvalue weighted by Crippen LogP contribution is 2.17. The van der Waals surface area contributed by atoms with E-state index in [1.54, 1.807) is 41.3 Å². The van der Waals surface area contributed by atoms with E-state index in [1.807, 2.05) is 13.8 Å². The summed E-state index contributed by atoms with van der Waals surface area (Å²) in [6, 6.07) is 15.6. The molecule has 0 radical (unpaired) electrons. The van der Waals surface area contributed by atoms with Crippen LogP contribution in [0.2, 0.25) is 0 Å². The highest BCUT2D eigenvalue weighted by molar-refractivity contribution is 6.03. The van der Waals surface area contributed by atoms with Gasteiger partial charge in [0.2, 0.25) is 0 Å². The summed E-state index contributed by atoms with van der Waals surface area (Å²) in [6.45, 7) is 5.16. The summed E-state index contributed by atoms with van der Waals surface area (Å²) in [5, 5.41) is 2.74. The Hall–Kier alpha value is -3.61. The molecule has 1 aromatic heterocycles. The van der Waals surface area contributed by atoms with E-state index in [0.29, 0.717) is 35.9 Å². The van der Waals surface area contributed by atoms with Crippen LogP contribution in [0.1, 0.15) is 40.5 Å². The summed E-state index contributed by atoms with van der Waals surface area (Å²) in [6.07, 6.45) is 0. The second-order valence-corrected chi connectivity index (χ2v) is 6.52. The second-order valence-electron chi connectivity index (χ2n) is 6.52. The Morgan fingerprint density at radius 1 is 1.03 bits per heavy atom. The molecular weight excluding hydrogens is 387 g/mol. The predicted octanol–water partition coefficient (Wildman–Crippen LogP) is 4.73. The average molecular weight is 410 g/mol. The lowest BCUT2D eigenvalue weighted by molar-refractivity contribution is 0.0772. The molecular formula is C23H23FN2O4. The molecule has 0 atom stereocenters. The molecule has 0 spiro atoms. The van der Waals surface area contributed by atoms with Gasteiger partial charge < -0.3 is 19.4 Å². The smallest absolute Gasteiger partial charge is 0.291 e. The van der Waals surface area contributed by atoms with Crippen LogP contribution in [-0.2, 0) is 6.61 Å². The quantitative estimate of drug-likeness (QED) is 0.583. The van der Waals surface area contributed by atoms with E-state index in [9.17, 15) is 14.0 Å². The zero-order valence-corrected chi connectivity index (χ0v) is 16.9. The van der Waals surface area contributed by atoms with Gasteiger partial charge in [-0.05, 0) is 68.4 Å². The van der Waals surface area contributed by atoms with Crippen LogP contribution in [0.15, 0.2) is 65.1 Å². The van der Waals surface area contributed by atoms with Crippen LogP contribution in [0.25, 0.3) is 0 Å². The number of carbonyl (C=O) groups excluding carboxylic acids is 2. The Balaban J connectivity index is 1.62. The highest BCUT2D eigenvalue weighted by atomic mass is 19.1. The molecule has 0 aliphatic carbocycles. The lowest BCUT2D eigenvalue weighted by atomic mass is 10.1. The Morgan fingerprint density at radius 2 is 1.77 bits per heavy atom. The van der Waals surface area contributed by atoms with Gasteiger partial charge in [-0.3, -0.25) is 9.59 Å². The Bertz CT molecular complexity index is 1010. The minimum Gasteiger partial charge on any atom is -0.486 e. The van der Waals surface area contributed by atoms with Crippen molar-refractivity contribution in [3.63, 3.8) is 0 Å². The second kappa shape index (κ2) is 9.73. The summed E-state index contributed by atoms with van der Waals surface area (Å²) in [5.74, 6) is 0.198. The average Bonchev–Trinajstić information content (AvgIpc) is 3.23. The molecule has 0 aliphatic heterocycles. The number of amides is 2. The fourth-order valence-electron chi connectivity index (χ4n) is 2.88. The lowest BCUT2D eigenvalue weighted by Gasteiger charge is -2.18. The maximum Gasteiger partial charge on any atom is 0.291 e. The zero-order valence-electron chi connectivity index (χ0n) is 16.9. The minimum atomic E-state index is -0.435. The van der Waals surface area contributed by atoms with E-state index < -0.39 is 5.91 Å². The fourth-order valence-corrected chi connectivity index (χ4v) is 2.88. The van der Waals surface area contributed by atoms with Crippen LogP contribution >= 0.6 is 0 Å². The lowest BCUT2D eigenvalue weighted by Crippen LogP contribution is -2.30. The molecule has 0 bridgehead atoms. The first-order valence-electron chi connectivity index (χ1n) is 9.68. The maximum absolute atomic E-state index is 12.9. The van der Waals surface area contributed by atoms with Crippen LogP contribution in [0.3, 0.4) is 0 Å². The molecule has 30 heavy (non-hydrogen) atoms. The first-order valence-corrected chi connectivity index (χ1v) is 9.68. The van der Waals surface area contributed by atoms with E-state index in [2.05, 4.69) is 5.32 Å². The first kappa shape index (κ1) is 21.1. The van der Waals surface area contributed by atoms with Crippen molar-refractivity contribution >= 4 is 17.5 Å². The van der Waals surface area contributed by atoms with Crippen molar-refractivity contribution < 1.29 is 23.1 Å². The number of hydrogen-bond acceptors (Lipinski definition) is 4. The van der Waals surface area contributed by atoms with Crippen molar-refractivity contribution in [2.75, 3.05) is 18.4 Å². The van der Waals surface area contributed by atoms with Gasteiger partial charge in [-0.1, -0.05) is 6.07 Å². The molecule has 1 N–H and O–H groups in total. The predicted molar refractivity (Wildman–Crippen MR) is 111 cm³/mol. The van der Waals surface area contributed by atoms with Crippen molar-refractivity contribution in [1.29, 1.82) is 0 Å². The third kappa shape index (κ3) is 5.26.